The summed E-state index contributed by atoms with van der Waals surface area (Å²) >= 11 is 5.40. The molecule has 0 saturated heterocycles. The van der Waals surface area contributed by atoms with Gasteiger partial charge in [-0.3, -0.25) is 9.69 Å². The summed E-state index contributed by atoms with van der Waals surface area (Å²) < 4.78 is 9.95. The topological polar surface area (TPSA) is 72.9 Å². The van der Waals surface area contributed by atoms with Crippen LogP contribution in [0.15, 0.2) is 0 Å². The molecule has 0 spiro atoms. The number of carbonyl (C=O) groups is 3. The standard InChI is InChI=1S/C15H26ClNO5/c1-11(18)7-15(5,6)9-17(13(20)21-10-16)8-12(19)22-14(2,3)4/h7-10H2,1-6H3. The Morgan fingerprint density at radius 1 is 1.09 bits per heavy atom. The monoisotopic (exact) mass is 335 g/mol. The Bertz CT molecular complexity index is 415. The van der Waals surface area contributed by atoms with Crippen molar-refractivity contribution in [2.45, 2.75) is 53.6 Å². The molecule has 6 nitrogen and oxygen atoms in total. The fraction of sp³-hybridized carbons (Fsp3) is 0.800. The van der Waals surface area contributed by atoms with E-state index in [9.17, 15) is 14.4 Å². The molecule has 0 N–H and O–H groups in total. The van der Waals surface area contributed by atoms with E-state index >= 15 is 0 Å². The second-order valence-corrected chi connectivity index (χ2v) is 7.22. The van der Waals surface area contributed by atoms with Gasteiger partial charge in [-0.05, 0) is 33.1 Å². The molecular formula is C15H26ClNO5. The molecule has 0 aliphatic rings. The highest BCUT2D eigenvalue weighted by Crippen LogP contribution is 2.23. The van der Waals surface area contributed by atoms with Gasteiger partial charge in [-0.25, -0.2) is 4.79 Å². The van der Waals surface area contributed by atoms with Crippen molar-refractivity contribution in [2.75, 3.05) is 19.2 Å². The normalized spacial score (nSPS) is 11.8. The number of carbonyl (C=O) groups excluding carboxylic acids is 3. The molecule has 0 unspecified atom stereocenters. The molecule has 0 aromatic rings. The van der Waals surface area contributed by atoms with E-state index in [0.717, 1.165) is 0 Å². The number of esters is 1. The van der Waals surface area contributed by atoms with Gasteiger partial charge in [0.15, 0.2) is 6.07 Å². The summed E-state index contributed by atoms with van der Waals surface area (Å²) in [6.45, 7) is 10.3. The Morgan fingerprint density at radius 3 is 2.05 bits per heavy atom. The van der Waals surface area contributed by atoms with Crippen LogP contribution in [-0.4, -0.2) is 47.5 Å². The number of alkyl halides is 1. The molecule has 1 amide bonds. The molecule has 7 heteroatoms. The number of rotatable bonds is 7. The number of nitrogens with zero attached hydrogens (tertiary/aromatic N) is 1. The zero-order valence-electron chi connectivity index (χ0n) is 14.2. The highest BCUT2D eigenvalue weighted by Gasteiger charge is 2.30. The van der Waals surface area contributed by atoms with Crippen molar-refractivity contribution in [1.82, 2.24) is 4.90 Å². The second-order valence-electron chi connectivity index (χ2n) is 7.00. The minimum absolute atomic E-state index is 0.00734. The summed E-state index contributed by atoms with van der Waals surface area (Å²) in [4.78, 5) is 36.4. The number of hydrogen-bond donors (Lipinski definition) is 0. The van der Waals surface area contributed by atoms with Crippen LogP contribution in [0.4, 0.5) is 4.79 Å². The Balaban J connectivity index is 4.94. The largest absolute Gasteiger partial charge is 0.459 e. The first kappa shape index (κ1) is 20.7. The van der Waals surface area contributed by atoms with Crippen LogP contribution in [0.5, 0.6) is 0 Å². The van der Waals surface area contributed by atoms with Gasteiger partial charge in [0.1, 0.15) is 17.9 Å². The van der Waals surface area contributed by atoms with Gasteiger partial charge in [0.2, 0.25) is 0 Å². The summed E-state index contributed by atoms with van der Waals surface area (Å²) in [7, 11) is 0. The van der Waals surface area contributed by atoms with Gasteiger partial charge in [0, 0.05) is 13.0 Å². The van der Waals surface area contributed by atoms with Gasteiger partial charge in [0.25, 0.3) is 0 Å². The summed E-state index contributed by atoms with van der Waals surface area (Å²) in [6, 6.07) is -0.309. The van der Waals surface area contributed by atoms with Crippen molar-refractivity contribution in [3.63, 3.8) is 0 Å². The number of halogens is 1. The molecule has 0 bridgehead atoms. The van der Waals surface area contributed by atoms with Crippen LogP contribution >= 0.6 is 11.6 Å². The molecule has 0 aromatic heterocycles. The van der Waals surface area contributed by atoms with Crippen LogP contribution in [0.25, 0.3) is 0 Å². The lowest BCUT2D eigenvalue weighted by atomic mass is 9.87. The maximum absolute atomic E-state index is 11.9. The number of hydrogen-bond acceptors (Lipinski definition) is 5. The Kier molecular flexibility index (Phi) is 7.87. The van der Waals surface area contributed by atoms with Crippen molar-refractivity contribution in [3.8, 4) is 0 Å². The fourth-order valence-corrected chi connectivity index (χ4v) is 2.19. The van der Waals surface area contributed by atoms with Crippen molar-refractivity contribution in [3.05, 3.63) is 0 Å². The zero-order valence-corrected chi connectivity index (χ0v) is 15.0. The molecule has 0 aliphatic carbocycles. The lowest BCUT2D eigenvalue weighted by Crippen LogP contribution is -2.44. The Hall–Kier alpha value is -1.30. The minimum atomic E-state index is -0.711. The minimum Gasteiger partial charge on any atom is -0.459 e. The first-order valence-corrected chi connectivity index (χ1v) is 7.59. The van der Waals surface area contributed by atoms with E-state index in [0.29, 0.717) is 0 Å². The number of Topliss-reactive ketones (excluding diaryl/α,β-unsaturated/α-hetero) is 1. The number of ether oxygens (including phenoxy) is 2. The van der Waals surface area contributed by atoms with E-state index < -0.39 is 23.1 Å². The van der Waals surface area contributed by atoms with Crippen molar-refractivity contribution in [1.29, 1.82) is 0 Å². The van der Waals surface area contributed by atoms with Crippen molar-refractivity contribution >= 4 is 29.4 Å². The molecule has 0 atom stereocenters. The van der Waals surface area contributed by atoms with Crippen LogP contribution in [0, 0.1) is 5.41 Å². The van der Waals surface area contributed by atoms with E-state index in [2.05, 4.69) is 0 Å². The smallest absolute Gasteiger partial charge is 0.411 e. The van der Waals surface area contributed by atoms with Gasteiger partial charge in [-0.1, -0.05) is 25.4 Å². The maximum atomic E-state index is 11.9. The molecule has 22 heavy (non-hydrogen) atoms. The predicted octanol–water partition coefficient (Wildman–Crippen LogP) is 2.97. The summed E-state index contributed by atoms with van der Waals surface area (Å²) in [5, 5.41) is 0. The van der Waals surface area contributed by atoms with Crippen LogP contribution < -0.4 is 0 Å². The second kappa shape index (κ2) is 8.36. The molecule has 0 saturated carbocycles. The quantitative estimate of drug-likeness (QED) is 0.528. The molecule has 0 aliphatic heterocycles. The highest BCUT2D eigenvalue weighted by molar-refractivity contribution is 6.17. The molecule has 0 aromatic carbocycles. The Labute approximate surface area is 137 Å². The third-order valence-electron chi connectivity index (χ3n) is 2.52. The Morgan fingerprint density at radius 2 is 1.64 bits per heavy atom. The third kappa shape index (κ3) is 9.60. The first-order chi connectivity index (χ1) is 9.86. The summed E-state index contributed by atoms with van der Waals surface area (Å²) in [5.74, 6) is -0.537. The number of amides is 1. The molecule has 0 rings (SSSR count). The zero-order chi connectivity index (χ0) is 17.6. The number of ketones is 1. The van der Waals surface area contributed by atoms with E-state index in [4.69, 9.17) is 21.1 Å². The van der Waals surface area contributed by atoms with E-state index in [1.165, 1.54) is 11.8 Å². The summed E-state index contributed by atoms with van der Waals surface area (Å²) in [6.07, 6.45) is -0.427. The van der Waals surface area contributed by atoms with Gasteiger partial charge >= 0.3 is 12.1 Å². The fourth-order valence-electron chi connectivity index (χ4n) is 2.10. The third-order valence-corrected chi connectivity index (χ3v) is 2.63. The maximum Gasteiger partial charge on any atom is 0.411 e. The van der Waals surface area contributed by atoms with E-state index in [-0.39, 0.29) is 31.4 Å². The van der Waals surface area contributed by atoms with Crippen LogP contribution in [-0.2, 0) is 19.1 Å². The molecule has 0 heterocycles. The van der Waals surface area contributed by atoms with Crippen LogP contribution in [0.1, 0.15) is 48.0 Å². The molecule has 0 fully saturated rings. The molecule has 0 radical (unpaired) electrons. The average Bonchev–Trinajstić information content (AvgIpc) is 2.23. The van der Waals surface area contributed by atoms with E-state index in [1.807, 2.05) is 13.8 Å². The SMILES string of the molecule is CC(=O)CC(C)(C)CN(CC(=O)OC(C)(C)C)C(=O)OCCl. The predicted molar refractivity (Wildman–Crippen MR) is 83.7 cm³/mol. The first-order valence-electron chi connectivity index (χ1n) is 7.05. The highest BCUT2D eigenvalue weighted by atomic mass is 35.5. The molecular weight excluding hydrogens is 310 g/mol. The average molecular weight is 336 g/mol. The van der Waals surface area contributed by atoms with Crippen LogP contribution in [0.2, 0.25) is 0 Å². The summed E-state index contributed by atoms with van der Waals surface area (Å²) in [5.41, 5.74) is -1.13. The van der Waals surface area contributed by atoms with E-state index in [1.54, 1.807) is 20.8 Å². The molecule has 128 valence electrons. The van der Waals surface area contributed by atoms with Crippen LogP contribution in [0.3, 0.4) is 0 Å². The lowest BCUT2D eigenvalue weighted by Gasteiger charge is -2.31. The lowest BCUT2D eigenvalue weighted by molar-refractivity contribution is -0.156. The van der Waals surface area contributed by atoms with Crippen molar-refractivity contribution in [2.24, 2.45) is 5.41 Å². The van der Waals surface area contributed by atoms with Crippen molar-refractivity contribution < 1.29 is 23.9 Å². The van der Waals surface area contributed by atoms with Gasteiger partial charge in [0.05, 0.1) is 0 Å². The van der Waals surface area contributed by atoms with Gasteiger partial charge in [-0.15, -0.1) is 0 Å². The van der Waals surface area contributed by atoms with Gasteiger partial charge < -0.3 is 14.3 Å². The van der Waals surface area contributed by atoms with Gasteiger partial charge in [-0.2, -0.15) is 0 Å².